The molecule has 1 aliphatic rings. The van der Waals surface area contributed by atoms with Crippen LogP contribution < -0.4 is 5.73 Å². The maximum atomic E-state index is 12.8. The molecule has 0 aliphatic carbocycles. The zero-order valence-electron chi connectivity index (χ0n) is 12.9. The first-order valence-corrected chi connectivity index (χ1v) is 8.35. The molecule has 6 nitrogen and oxygen atoms in total. The van der Waals surface area contributed by atoms with Crippen LogP contribution in [0.1, 0.15) is 30.1 Å². The Balaban J connectivity index is 2.20. The van der Waals surface area contributed by atoms with Crippen LogP contribution in [-0.4, -0.2) is 46.6 Å². The molecule has 124 valence electrons. The van der Waals surface area contributed by atoms with Gasteiger partial charge in [-0.3, -0.25) is 14.4 Å². The van der Waals surface area contributed by atoms with Crippen LogP contribution in [0.15, 0.2) is 29.2 Å². The largest absolute Gasteiger partial charge is 0.481 e. The molecule has 1 heterocycles. The molecule has 1 atom stereocenters. The second-order valence-corrected chi connectivity index (χ2v) is 6.96. The molecular formula is C16H20N2O4S. The number of benzene rings is 1. The molecule has 1 aromatic carbocycles. The van der Waals surface area contributed by atoms with Gasteiger partial charge in [0.15, 0.2) is 0 Å². The summed E-state index contributed by atoms with van der Waals surface area (Å²) in [4.78, 5) is 37.4. The fraction of sp³-hybridized carbons (Fsp3) is 0.438. The second-order valence-electron chi connectivity index (χ2n) is 5.95. The molecule has 0 saturated carbocycles. The van der Waals surface area contributed by atoms with E-state index in [9.17, 15) is 19.5 Å². The molecule has 1 aromatic rings. The van der Waals surface area contributed by atoms with Crippen molar-refractivity contribution in [1.82, 2.24) is 4.90 Å². The maximum Gasteiger partial charge on any atom is 0.311 e. The van der Waals surface area contributed by atoms with E-state index >= 15 is 0 Å². The summed E-state index contributed by atoms with van der Waals surface area (Å²) in [5.41, 5.74) is 4.72. The molecule has 0 bridgehead atoms. The van der Waals surface area contributed by atoms with Gasteiger partial charge in [0.25, 0.3) is 5.91 Å². The smallest absolute Gasteiger partial charge is 0.311 e. The fourth-order valence-electron chi connectivity index (χ4n) is 2.68. The molecule has 2 rings (SSSR count). The molecule has 1 aliphatic heterocycles. The summed E-state index contributed by atoms with van der Waals surface area (Å²) in [6.45, 7) is 2.40. The lowest BCUT2D eigenvalue weighted by Crippen LogP contribution is -2.48. The van der Waals surface area contributed by atoms with E-state index in [2.05, 4.69) is 0 Å². The number of primary amides is 1. The number of nitrogens with two attached hydrogens (primary N) is 1. The monoisotopic (exact) mass is 336 g/mol. The maximum absolute atomic E-state index is 12.8. The average Bonchev–Trinajstić information content (AvgIpc) is 2.52. The van der Waals surface area contributed by atoms with Crippen molar-refractivity contribution in [2.45, 2.75) is 24.7 Å². The number of aliphatic carboxylic acids is 1. The topological polar surface area (TPSA) is 101 Å². The van der Waals surface area contributed by atoms with Gasteiger partial charge < -0.3 is 15.7 Å². The lowest BCUT2D eigenvalue weighted by molar-refractivity contribution is -0.150. The first-order valence-electron chi connectivity index (χ1n) is 7.36. The van der Waals surface area contributed by atoms with Gasteiger partial charge in [-0.25, -0.2) is 0 Å². The number of likely N-dealkylation sites (tertiary alicyclic amines) is 1. The number of hydrogen-bond acceptors (Lipinski definition) is 4. The van der Waals surface area contributed by atoms with Gasteiger partial charge >= 0.3 is 5.97 Å². The number of carboxylic acids is 1. The summed E-state index contributed by atoms with van der Waals surface area (Å²) in [7, 11) is 0. The molecule has 0 spiro atoms. The molecule has 0 radical (unpaired) electrons. The molecule has 2 amide bonds. The van der Waals surface area contributed by atoms with Crippen LogP contribution in [0.3, 0.4) is 0 Å². The Bertz CT molecular complexity index is 634. The molecule has 1 fully saturated rings. The summed E-state index contributed by atoms with van der Waals surface area (Å²) in [5, 5.41) is 9.37. The van der Waals surface area contributed by atoms with E-state index in [1.54, 1.807) is 36.1 Å². The van der Waals surface area contributed by atoms with Crippen molar-refractivity contribution in [3.05, 3.63) is 29.8 Å². The van der Waals surface area contributed by atoms with Crippen molar-refractivity contribution in [3.8, 4) is 0 Å². The minimum Gasteiger partial charge on any atom is -0.481 e. The number of hydrogen-bond donors (Lipinski definition) is 2. The summed E-state index contributed by atoms with van der Waals surface area (Å²) in [6, 6.07) is 7.00. The zero-order valence-corrected chi connectivity index (χ0v) is 13.8. The average molecular weight is 336 g/mol. The summed E-state index contributed by atoms with van der Waals surface area (Å²) < 4.78 is 0. The normalized spacial score (nSPS) is 21.0. The Morgan fingerprint density at radius 3 is 2.70 bits per heavy atom. The Kier molecular flexibility index (Phi) is 5.30. The lowest BCUT2D eigenvalue weighted by Gasteiger charge is -2.37. The van der Waals surface area contributed by atoms with Gasteiger partial charge in [-0.1, -0.05) is 12.1 Å². The highest BCUT2D eigenvalue weighted by Crippen LogP contribution is 2.32. The van der Waals surface area contributed by atoms with Crippen LogP contribution in [0.2, 0.25) is 0 Å². The van der Waals surface area contributed by atoms with Crippen LogP contribution in [0.4, 0.5) is 0 Å². The minimum atomic E-state index is -0.913. The Hall–Kier alpha value is -2.02. The summed E-state index contributed by atoms with van der Waals surface area (Å²) in [6.07, 6.45) is 1.22. The first kappa shape index (κ1) is 17.3. The fourth-order valence-corrected chi connectivity index (χ4v) is 3.46. The van der Waals surface area contributed by atoms with E-state index < -0.39 is 17.3 Å². The van der Waals surface area contributed by atoms with Gasteiger partial charge in [0, 0.05) is 18.0 Å². The van der Waals surface area contributed by atoms with Crippen LogP contribution in [-0.2, 0) is 9.59 Å². The van der Waals surface area contributed by atoms with E-state index in [1.165, 1.54) is 11.8 Å². The standard InChI is InChI=1S/C16H20N2O4S/c1-16(15(21)22)7-4-8-18(10-16)14(20)11-5-2-3-6-12(11)23-9-13(17)19/h2-3,5-6H,4,7-10H2,1H3,(H2,17,19)(H,21,22). The van der Waals surface area contributed by atoms with Gasteiger partial charge in [0.1, 0.15) is 0 Å². The first-order chi connectivity index (χ1) is 10.8. The van der Waals surface area contributed by atoms with Gasteiger partial charge in [-0.2, -0.15) is 0 Å². The van der Waals surface area contributed by atoms with Crippen LogP contribution >= 0.6 is 11.8 Å². The van der Waals surface area contributed by atoms with Crippen LogP contribution in [0, 0.1) is 5.41 Å². The molecule has 1 unspecified atom stereocenters. The third-order valence-corrected chi connectivity index (χ3v) is 5.08. The highest BCUT2D eigenvalue weighted by molar-refractivity contribution is 8.00. The van der Waals surface area contributed by atoms with E-state index in [4.69, 9.17) is 5.73 Å². The number of amides is 2. The number of carboxylic acid groups (broad SMARTS) is 1. The van der Waals surface area contributed by atoms with E-state index in [0.717, 1.165) is 0 Å². The van der Waals surface area contributed by atoms with E-state index in [-0.39, 0.29) is 18.2 Å². The van der Waals surface area contributed by atoms with Crippen molar-refractivity contribution in [1.29, 1.82) is 0 Å². The van der Waals surface area contributed by atoms with Crippen LogP contribution in [0.5, 0.6) is 0 Å². The quantitative estimate of drug-likeness (QED) is 0.795. The minimum absolute atomic E-state index is 0.0944. The summed E-state index contributed by atoms with van der Waals surface area (Å²) in [5.74, 6) is -1.44. The van der Waals surface area contributed by atoms with Gasteiger partial charge in [0.05, 0.1) is 16.7 Å². The highest BCUT2D eigenvalue weighted by Gasteiger charge is 2.39. The molecule has 3 N–H and O–H groups in total. The second kappa shape index (κ2) is 7.04. The lowest BCUT2D eigenvalue weighted by atomic mass is 9.82. The van der Waals surface area contributed by atoms with Crippen molar-refractivity contribution in [2.75, 3.05) is 18.8 Å². The highest BCUT2D eigenvalue weighted by atomic mass is 32.2. The van der Waals surface area contributed by atoms with Gasteiger partial charge in [-0.05, 0) is 31.9 Å². The molecule has 7 heteroatoms. The Morgan fingerprint density at radius 1 is 1.35 bits per heavy atom. The number of rotatable bonds is 5. The molecule has 1 saturated heterocycles. The molecular weight excluding hydrogens is 316 g/mol. The number of carbonyl (C=O) groups is 3. The van der Waals surface area contributed by atoms with E-state index in [1.807, 2.05) is 0 Å². The number of carbonyl (C=O) groups excluding carboxylic acids is 2. The SMILES string of the molecule is CC1(C(=O)O)CCCN(C(=O)c2ccccc2SCC(N)=O)C1. The van der Waals surface area contributed by atoms with Gasteiger partial charge in [0.2, 0.25) is 5.91 Å². The van der Waals surface area contributed by atoms with Crippen molar-refractivity contribution in [2.24, 2.45) is 11.1 Å². The molecule has 23 heavy (non-hydrogen) atoms. The van der Waals surface area contributed by atoms with Crippen molar-refractivity contribution in [3.63, 3.8) is 0 Å². The number of nitrogens with zero attached hydrogens (tertiary/aromatic N) is 1. The summed E-state index contributed by atoms with van der Waals surface area (Å²) >= 11 is 1.22. The Morgan fingerprint density at radius 2 is 2.04 bits per heavy atom. The van der Waals surface area contributed by atoms with Crippen LogP contribution in [0.25, 0.3) is 0 Å². The number of piperidine rings is 1. The van der Waals surface area contributed by atoms with Crippen molar-refractivity contribution >= 4 is 29.5 Å². The van der Waals surface area contributed by atoms with Gasteiger partial charge in [-0.15, -0.1) is 11.8 Å². The predicted octanol–water partition coefficient (Wildman–Crippen LogP) is 1.59. The van der Waals surface area contributed by atoms with Crippen molar-refractivity contribution < 1.29 is 19.5 Å². The number of thioether (sulfide) groups is 1. The zero-order chi connectivity index (χ0) is 17.0. The third kappa shape index (κ3) is 4.04. The Labute approximate surface area is 139 Å². The third-order valence-electron chi connectivity index (χ3n) is 3.99. The molecule has 0 aromatic heterocycles. The predicted molar refractivity (Wildman–Crippen MR) is 87.2 cm³/mol. The van der Waals surface area contributed by atoms with E-state index in [0.29, 0.717) is 29.8 Å².